The van der Waals surface area contributed by atoms with Crippen LogP contribution in [0.4, 0.5) is 0 Å². The van der Waals surface area contributed by atoms with Gasteiger partial charge in [0.1, 0.15) is 0 Å². The van der Waals surface area contributed by atoms with Crippen molar-refractivity contribution in [2.24, 2.45) is 11.8 Å². The standard InChI is InChI=1S/C14H24N2O.ClH/c17-14(13-5-2-8-15-13)16-12-7-6-10-3-1-4-11(10)9-12;/h10-13,15H,1-9H2,(H,16,17);1H. The third-order valence-corrected chi connectivity index (χ3v) is 5.01. The van der Waals surface area contributed by atoms with E-state index in [1.54, 1.807) is 0 Å². The number of nitrogens with one attached hydrogen (secondary N) is 2. The summed E-state index contributed by atoms with van der Waals surface area (Å²) in [7, 11) is 0. The molecule has 0 aromatic heterocycles. The molecule has 1 heterocycles. The Morgan fingerprint density at radius 1 is 1.00 bits per heavy atom. The fraction of sp³-hybridized carbons (Fsp3) is 0.929. The molecule has 0 aromatic rings. The predicted molar refractivity (Wildman–Crippen MR) is 74.9 cm³/mol. The number of hydrogen-bond donors (Lipinski definition) is 2. The summed E-state index contributed by atoms with van der Waals surface area (Å²) in [5.41, 5.74) is 0. The van der Waals surface area contributed by atoms with Crippen LogP contribution in [0.25, 0.3) is 0 Å². The van der Waals surface area contributed by atoms with Crippen molar-refractivity contribution >= 4 is 18.3 Å². The highest BCUT2D eigenvalue weighted by molar-refractivity contribution is 5.85. The molecule has 104 valence electrons. The van der Waals surface area contributed by atoms with Crippen LogP contribution in [0.5, 0.6) is 0 Å². The van der Waals surface area contributed by atoms with Gasteiger partial charge in [-0.2, -0.15) is 0 Å². The van der Waals surface area contributed by atoms with Crippen molar-refractivity contribution in [2.45, 2.75) is 63.5 Å². The zero-order valence-corrected chi connectivity index (χ0v) is 11.8. The van der Waals surface area contributed by atoms with Crippen LogP contribution in [0, 0.1) is 11.8 Å². The Hall–Kier alpha value is -0.280. The van der Waals surface area contributed by atoms with E-state index >= 15 is 0 Å². The Kier molecular flexibility index (Phi) is 4.91. The molecule has 4 unspecified atom stereocenters. The average molecular weight is 273 g/mol. The Bertz CT molecular complexity index is 292. The lowest BCUT2D eigenvalue weighted by Gasteiger charge is -2.32. The number of fused-ring (bicyclic) bond motifs is 1. The number of amides is 1. The summed E-state index contributed by atoms with van der Waals surface area (Å²) in [4.78, 5) is 12.0. The first-order chi connectivity index (χ1) is 8.33. The van der Waals surface area contributed by atoms with Crippen LogP contribution in [0.2, 0.25) is 0 Å². The topological polar surface area (TPSA) is 41.1 Å². The molecule has 0 radical (unpaired) electrons. The van der Waals surface area contributed by atoms with Gasteiger partial charge in [-0.3, -0.25) is 4.79 Å². The van der Waals surface area contributed by atoms with Crippen LogP contribution >= 0.6 is 12.4 Å². The molecular formula is C14H25ClN2O. The number of rotatable bonds is 2. The molecule has 4 heteroatoms. The van der Waals surface area contributed by atoms with E-state index in [-0.39, 0.29) is 24.4 Å². The minimum Gasteiger partial charge on any atom is -0.352 e. The minimum absolute atomic E-state index is 0. The first-order valence-electron chi connectivity index (χ1n) is 7.36. The highest BCUT2D eigenvalue weighted by Gasteiger charge is 2.35. The van der Waals surface area contributed by atoms with E-state index in [1.807, 2.05) is 0 Å². The SMILES string of the molecule is Cl.O=C(NC1CCC2CCCC2C1)C1CCCN1. The molecule has 0 spiro atoms. The third kappa shape index (κ3) is 3.00. The van der Waals surface area contributed by atoms with Crippen LogP contribution in [0.15, 0.2) is 0 Å². The van der Waals surface area contributed by atoms with Crippen molar-refractivity contribution in [3.05, 3.63) is 0 Å². The summed E-state index contributed by atoms with van der Waals surface area (Å²) in [6.45, 7) is 1.01. The van der Waals surface area contributed by atoms with Crippen LogP contribution in [-0.4, -0.2) is 24.5 Å². The molecule has 3 aliphatic rings. The van der Waals surface area contributed by atoms with E-state index in [9.17, 15) is 4.79 Å². The van der Waals surface area contributed by atoms with Crippen LogP contribution in [-0.2, 0) is 4.79 Å². The normalized spacial score (nSPS) is 38.9. The van der Waals surface area contributed by atoms with E-state index in [0.717, 1.165) is 31.2 Å². The summed E-state index contributed by atoms with van der Waals surface area (Å²) in [6, 6.07) is 0.556. The number of carbonyl (C=O) groups is 1. The van der Waals surface area contributed by atoms with E-state index < -0.39 is 0 Å². The van der Waals surface area contributed by atoms with Gasteiger partial charge in [0.15, 0.2) is 0 Å². The largest absolute Gasteiger partial charge is 0.352 e. The molecule has 3 rings (SSSR count). The molecule has 1 saturated heterocycles. The van der Waals surface area contributed by atoms with Gasteiger partial charge in [0, 0.05) is 6.04 Å². The molecule has 2 aliphatic carbocycles. The predicted octanol–water partition coefficient (Wildman–Crippen LogP) is 2.25. The van der Waals surface area contributed by atoms with Crippen molar-refractivity contribution in [1.82, 2.24) is 10.6 Å². The number of halogens is 1. The molecular weight excluding hydrogens is 248 g/mol. The van der Waals surface area contributed by atoms with Gasteiger partial charge in [0.2, 0.25) is 5.91 Å². The highest BCUT2D eigenvalue weighted by Crippen LogP contribution is 2.42. The van der Waals surface area contributed by atoms with Gasteiger partial charge >= 0.3 is 0 Å². The zero-order valence-electron chi connectivity index (χ0n) is 11.0. The van der Waals surface area contributed by atoms with Crippen LogP contribution in [0.1, 0.15) is 51.4 Å². The smallest absolute Gasteiger partial charge is 0.237 e. The van der Waals surface area contributed by atoms with Gasteiger partial charge < -0.3 is 10.6 Å². The molecule has 1 aliphatic heterocycles. The molecule has 3 nitrogen and oxygen atoms in total. The second-order valence-corrected chi connectivity index (χ2v) is 6.12. The lowest BCUT2D eigenvalue weighted by atomic mass is 9.79. The van der Waals surface area contributed by atoms with Crippen molar-refractivity contribution in [3.8, 4) is 0 Å². The van der Waals surface area contributed by atoms with Gasteiger partial charge in [0.25, 0.3) is 0 Å². The minimum atomic E-state index is 0. The second-order valence-electron chi connectivity index (χ2n) is 6.12. The molecule has 4 atom stereocenters. The first kappa shape index (κ1) is 14.1. The molecule has 2 N–H and O–H groups in total. The number of hydrogen-bond acceptors (Lipinski definition) is 2. The molecule has 2 saturated carbocycles. The Morgan fingerprint density at radius 2 is 1.83 bits per heavy atom. The molecule has 18 heavy (non-hydrogen) atoms. The maximum absolute atomic E-state index is 12.0. The van der Waals surface area contributed by atoms with Gasteiger partial charge in [0.05, 0.1) is 6.04 Å². The fourth-order valence-corrected chi connectivity index (χ4v) is 4.04. The Balaban J connectivity index is 0.00000120. The maximum Gasteiger partial charge on any atom is 0.237 e. The van der Waals surface area contributed by atoms with E-state index in [1.165, 1.54) is 38.5 Å². The molecule has 1 amide bonds. The van der Waals surface area contributed by atoms with Crippen molar-refractivity contribution in [1.29, 1.82) is 0 Å². The summed E-state index contributed by atoms with van der Waals surface area (Å²) in [5.74, 6) is 2.14. The number of carbonyl (C=O) groups excluding carboxylic acids is 1. The fourth-order valence-electron chi connectivity index (χ4n) is 4.04. The maximum atomic E-state index is 12.0. The van der Waals surface area contributed by atoms with E-state index in [2.05, 4.69) is 10.6 Å². The summed E-state index contributed by atoms with van der Waals surface area (Å²) in [5, 5.41) is 6.55. The van der Waals surface area contributed by atoms with Gasteiger partial charge in [-0.1, -0.05) is 19.3 Å². The van der Waals surface area contributed by atoms with Crippen molar-refractivity contribution < 1.29 is 4.79 Å². The van der Waals surface area contributed by atoms with Crippen LogP contribution in [0.3, 0.4) is 0 Å². The van der Waals surface area contributed by atoms with Gasteiger partial charge in [-0.15, -0.1) is 12.4 Å². The lowest BCUT2D eigenvalue weighted by Crippen LogP contribution is -2.47. The van der Waals surface area contributed by atoms with E-state index in [4.69, 9.17) is 0 Å². The van der Waals surface area contributed by atoms with Crippen LogP contribution < -0.4 is 10.6 Å². The molecule has 0 bridgehead atoms. The van der Waals surface area contributed by atoms with Crippen molar-refractivity contribution in [2.75, 3.05) is 6.54 Å². The summed E-state index contributed by atoms with van der Waals surface area (Å²) >= 11 is 0. The Labute approximate surface area is 116 Å². The highest BCUT2D eigenvalue weighted by atomic mass is 35.5. The van der Waals surface area contributed by atoms with Gasteiger partial charge in [-0.05, 0) is 50.5 Å². The summed E-state index contributed by atoms with van der Waals surface area (Å²) in [6.07, 6.45) is 10.2. The zero-order chi connectivity index (χ0) is 11.7. The lowest BCUT2D eigenvalue weighted by molar-refractivity contribution is -0.123. The third-order valence-electron chi connectivity index (χ3n) is 5.01. The Morgan fingerprint density at radius 3 is 2.61 bits per heavy atom. The van der Waals surface area contributed by atoms with E-state index in [0.29, 0.717) is 6.04 Å². The second kappa shape index (κ2) is 6.25. The quantitative estimate of drug-likeness (QED) is 0.810. The average Bonchev–Trinajstić information content (AvgIpc) is 2.99. The van der Waals surface area contributed by atoms with Crippen molar-refractivity contribution in [3.63, 3.8) is 0 Å². The van der Waals surface area contributed by atoms with Gasteiger partial charge in [-0.25, -0.2) is 0 Å². The monoisotopic (exact) mass is 272 g/mol. The summed E-state index contributed by atoms with van der Waals surface area (Å²) < 4.78 is 0. The molecule has 0 aromatic carbocycles. The molecule has 3 fully saturated rings. The first-order valence-corrected chi connectivity index (χ1v) is 7.36.